The second-order valence-electron chi connectivity index (χ2n) is 10.7. The Hall–Kier alpha value is -4.34. The Labute approximate surface area is 262 Å². The summed E-state index contributed by atoms with van der Waals surface area (Å²) in [4.78, 5) is 33.4. The van der Waals surface area contributed by atoms with Gasteiger partial charge in [-0.05, 0) is 42.3 Å². The number of ether oxygens (including phenoxy) is 2. The number of amides is 2. The summed E-state index contributed by atoms with van der Waals surface area (Å²) in [5, 5.41) is 15.6. The zero-order valence-corrected chi connectivity index (χ0v) is 25.9. The van der Waals surface area contributed by atoms with Crippen LogP contribution in [0.2, 0.25) is 0 Å². The van der Waals surface area contributed by atoms with Crippen molar-refractivity contribution in [2.45, 2.75) is 38.7 Å². The Morgan fingerprint density at radius 1 is 1.16 bits per heavy atom. The summed E-state index contributed by atoms with van der Waals surface area (Å²) in [7, 11) is 1.59. The molecule has 0 aliphatic carbocycles. The van der Waals surface area contributed by atoms with Crippen molar-refractivity contribution in [2.75, 3.05) is 59.5 Å². The first kappa shape index (κ1) is 33.6. The number of alkyl halides is 2. The fourth-order valence-electron chi connectivity index (χ4n) is 5.45. The third kappa shape index (κ3) is 8.44. The van der Waals surface area contributed by atoms with Gasteiger partial charge in [-0.15, -0.1) is 0 Å². The molecule has 240 valence electrons. The third-order valence-corrected chi connectivity index (χ3v) is 7.71. The summed E-state index contributed by atoms with van der Waals surface area (Å²) in [6.07, 6.45) is 1.64. The van der Waals surface area contributed by atoms with Crippen molar-refractivity contribution >= 4 is 22.7 Å². The van der Waals surface area contributed by atoms with Gasteiger partial charge in [0.2, 0.25) is 5.91 Å². The molecule has 2 amide bonds. The number of fused-ring (bicyclic) bond motifs is 1. The molecule has 2 aromatic carbocycles. The molecular formula is C33H40F2N6O4. The van der Waals surface area contributed by atoms with Gasteiger partial charge in [-0.1, -0.05) is 19.9 Å². The van der Waals surface area contributed by atoms with E-state index in [0.717, 1.165) is 55.2 Å². The first-order chi connectivity index (χ1) is 21.8. The second-order valence-corrected chi connectivity index (χ2v) is 10.7. The van der Waals surface area contributed by atoms with Crippen LogP contribution in [0.25, 0.3) is 22.0 Å². The van der Waals surface area contributed by atoms with Crippen LogP contribution in [-0.2, 0) is 4.79 Å². The van der Waals surface area contributed by atoms with Crippen molar-refractivity contribution in [3.05, 3.63) is 54.2 Å². The quantitative estimate of drug-likeness (QED) is 0.325. The smallest absolute Gasteiger partial charge is 0.268 e. The van der Waals surface area contributed by atoms with Crippen LogP contribution in [0.5, 0.6) is 11.5 Å². The highest BCUT2D eigenvalue weighted by molar-refractivity contribution is 6.07. The van der Waals surface area contributed by atoms with E-state index in [1.54, 1.807) is 19.2 Å². The molecule has 1 aromatic heterocycles. The molecule has 2 aliphatic rings. The predicted octanol–water partition coefficient (Wildman–Crippen LogP) is 4.10. The average molecular weight is 623 g/mol. The fraction of sp³-hybridized carbons (Fsp3) is 0.455. The fourth-order valence-corrected chi connectivity index (χ4v) is 5.45. The topological polar surface area (TPSA) is 120 Å². The number of rotatable bonds is 10. The summed E-state index contributed by atoms with van der Waals surface area (Å²) >= 11 is 0. The van der Waals surface area contributed by atoms with Crippen LogP contribution < -0.4 is 20.1 Å². The number of halogens is 2. The zero-order chi connectivity index (χ0) is 32.4. The maximum absolute atomic E-state index is 13.8. The molecule has 2 aliphatic heterocycles. The number of piperazine rings is 1. The molecule has 1 unspecified atom stereocenters. The van der Waals surface area contributed by atoms with Gasteiger partial charge < -0.3 is 29.9 Å². The molecule has 0 bridgehead atoms. The summed E-state index contributed by atoms with van der Waals surface area (Å²) in [5.74, 6) is -3.13. The summed E-state index contributed by atoms with van der Waals surface area (Å²) in [5.41, 5.74) is 2.45. The minimum atomic E-state index is -3.13. The lowest BCUT2D eigenvalue weighted by Crippen LogP contribution is -2.43. The number of nitriles is 1. The second kappa shape index (κ2) is 15.6. The maximum atomic E-state index is 13.8. The van der Waals surface area contributed by atoms with E-state index >= 15 is 0 Å². The monoisotopic (exact) mass is 622 g/mol. The van der Waals surface area contributed by atoms with Crippen molar-refractivity contribution in [2.24, 2.45) is 0 Å². The molecule has 2 fully saturated rings. The molecule has 45 heavy (non-hydrogen) atoms. The molecule has 5 rings (SSSR count). The van der Waals surface area contributed by atoms with E-state index in [2.05, 4.69) is 20.5 Å². The van der Waals surface area contributed by atoms with Crippen LogP contribution in [0.3, 0.4) is 0 Å². The minimum Gasteiger partial charge on any atom is -0.497 e. The predicted molar refractivity (Wildman–Crippen MR) is 168 cm³/mol. The van der Waals surface area contributed by atoms with Crippen molar-refractivity contribution in [1.29, 1.82) is 5.26 Å². The summed E-state index contributed by atoms with van der Waals surface area (Å²) < 4.78 is 39.2. The minimum absolute atomic E-state index is 0.273. The number of nitrogens with one attached hydrogen (secondary N) is 2. The van der Waals surface area contributed by atoms with E-state index in [4.69, 9.17) is 9.47 Å². The highest BCUT2D eigenvalue weighted by atomic mass is 19.3. The summed E-state index contributed by atoms with van der Waals surface area (Å²) in [6.45, 7) is 8.14. The Balaban J connectivity index is 0.00000226. The number of nitrogens with zero attached hydrogens (tertiary/aromatic N) is 4. The Bertz CT molecular complexity index is 1520. The van der Waals surface area contributed by atoms with Crippen LogP contribution in [0.1, 0.15) is 37.0 Å². The normalized spacial score (nSPS) is 17.6. The molecule has 3 heterocycles. The average Bonchev–Trinajstić information content (AvgIpc) is 3.40. The van der Waals surface area contributed by atoms with Gasteiger partial charge in [0.1, 0.15) is 17.5 Å². The lowest BCUT2D eigenvalue weighted by atomic mass is 9.99. The highest BCUT2D eigenvalue weighted by Gasteiger charge is 2.47. The summed E-state index contributed by atoms with van der Waals surface area (Å²) in [6, 6.07) is 13.2. The van der Waals surface area contributed by atoms with E-state index < -0.39 is 43.3 Å². The van der Waals surface area contributed by atoms with Gasteiger partial charge in [0.15, 0.2) is 0 Å². The molecular weight excluding hydrogens is 582 g/mol. The Morgan fingerprint density at radius 2 is 1.93 bits per heavy atom. The van der Waals surface area contributed by atoms with Crippen molar-refractivity contribution in [3.63, 3.8) is 0 Å². The van der Waals surface area contributed by atoms with Gasteiger partial charge in [-0.3, -0.25) is 14.6 Å². The highest BCUT2D eigenvalue weighted by Crippen LogP contribution is 2.36. The van der Waals surface area contributed by atoms with E-state index in [0.29, 0.717) is 29.0 Å². The first-order valence-corrected chi connectivity index (χ1v) is 15.3. The molecule has 0 spiro atoms. The SMILES string of the molecule is CC.COc1ccc(-c2ccc3nccc(C(=O)NCC(=O)N4CC(F)(F)CC4C#N)c3c2)c(OCCCN2CCNCC2)c1. The Morgan fingerprint density at radius 3 is 2.67 bits per heavy atom. The molecule has 0 radical (unpaired) electrons. The molecule has 3 aromatic rings. The molecule has 0 saturated carbocycles. The number of benzene rings is 2. The van der Waals surface area contributed by atoms with Crippen molar-refractivity contribution in [1.82, 2.24) is 25.4 Å². The number of carbonyl (C=O) groups is 2. The lowest BCUT2D eigenvalue weighted by molar-refractivity contribution is -0.131. The molecule has 12 heteroatoms. The Kier molecular flexibility index (Phi) is 11.6. The zero-order valence-electron chi connectivity index (χ0n) is 25.9. The van der Waals surface area contributed by atoms with Crippen molar-refractivity contribution < 1.29 is 27.8 Å². The molecule has 2 saturated heterocycles. The van der Waals surface area contributed by atoms with E-state index in [1.807, 2.05) is 44.2 Å². The van der Waals surface area contributed by atoms with Gasteiger partial charge in [-0.25, -0.2) is 8.78 Å². The largest absolute Gasteiger partial charge is 0.497 e. The van der Waals surface area contributed by atoms with Gasteiger partial charge >= 0.3 is 0 Å². The third-order valence-electron chi connectivity index (χ3n) is 7.71. The van der Waals surface area contributed by atoms with Gasteiger partial charge in [-0.2, -0.15) is 5.26 Å². The molecule has 1 atom stereocenters. The van der Waals surface area contributed by atoms with Crippen LogP contribution in [0.15, 0.2) is 48.7 Å². The number of hydrogen-bond donors (Lipinski definition) is 2. The standard InChI is InChI=1S/C31H34F2N6O4.C2H6/c1-42-23-4-5-24(28(16-23)43-14-2-11-38-12-9-35-10-13-38)21-3-6-27-26(15-21)25(7-8-36-27)30(41)37-19-29(40)39-20-31(32,33)17-22(39)18-34;1-2/h3-8,15-16,22,35H,2,9-14,17,19-20H2,1H3,(H,37,41);1-2H3. The van der Waals surface area contributed by atoms with Gasteiger partial charge in [0, 0.05) is 62.4 Å². The van der Waals surface area contributed by atoms with Gasteiger partial charge in [0.05, 0.1) is 44.0 Å². The van der Waals surface area contributed by atoms with E-state index in [1.165, 1.54) is 12.3 Å². The number of likely N-dealkylation sites (tertiary alicyclic amines) is 1. The number of methoxy groups -OCH3 is 1. The number of aromatic nitrogens is 1. The molecule has 2 N–H and O–H groups in total. The number of carbonyl (C=O) groups excluding carboxylic acids is 2. The van der Waals surface area contributed by atoms with Crippen LogP contribution >= 0.6 is 0 Å². The van der Waals surface area contributed by atoms with Crippen molar-refractivity contribution in [3.8, 4) is 28.7 Å². The lowest BCUT2D eigenvalue weighted by Gasteiger charge is -2.27. The van der Waals surface area contributed by atoms with Crippen LogP contribution in [0.4, 0.5) is 8.78 Å². The van der Waals surface area contributed by atoms with Crippen LogP contribution in [-0.4, -0.2) is 98.1 Å². The number of pyridine rings is 1. The first-order valence-electron chi connectivity index (χ1n) is 15.3. The van der Waals surface area contributed by atoms with Gasteiger partial charge in [0.25, 0.3) is 11.8 Å². The number of hydrogen-bond acceptors (Lipinski definition) is 8. The molecule has 10 nitrogen and oxygen atoms in total. The van der Waals surface area contributed by atoms with E-state index in [-0.39, 0.29) is 5.56 Å². The van der Waals surface area contributed by atoms with Crippen LogP contribution in [0, 0.1) is 11.3 Å². The van der Waals surface area contributed by atoms with E-state index in [9.17, 15) is 23.6 Å². The maximum Gasteiger partial charge on any atom is 0.268 e.